The molecule has 1 aromatic rings. The molecule has 0 aliphatic heterocycles. The van der Waals surface area contributed by atoms with Crippen molar-refractivity contribution in [3.63, 3.8) is 0 Å². The Labute approximate surface area is 107 Å². The number of benzene rings is 1. The summed E-state index contributed by atoms with van der Waals surface area (Å²) in [4.78, 5) is 11.5. The zero-order valence-electron chi connectivity index (χ0n) is 10.5. The van der Waals surface area contributed by atoms with E-state index in [2.05, 4.69) is 0 Å². The van der Waals surface area contributed by atoms with Gasteiger partial charge >= 0.3 is 16.1 Å². The van der Waals surface area contributed by atoms with E-state index in [0.717, 1.165) is 11.8 Å². The fourth-order valence-corrected chi connectivity index (χ4v) is 2.07. The van der Waals surface area contributed by atoms with Gasteiger partial charge < -0.3 is 8.92 Å². The molecular formula is C12H16O5S. The van der Waals surface area contributed by atoms with Crippen LogP contribution in [0.4, 0.5) is 0 Å². The number of ether oxygens (including phenoxy) is 1. The SMILES string of the molecule is CCC(C(=O)OC)c1ccc(OS(C)(=O)=O)cc1. The van der Waals surface area contributed by atoms with E-state index in [1.54, 1.807) is 12.1 Å². The van der Waals surface area contributed by atoms with Gasteiger partial charge in [0.05, 0.1) is 19.3 Å². The average molecular weight is 272 g/mol. The van der Waals surface area contributed by atoms with Gasteiger partial charge in [0.2, 0.25) is 0 Å². The first-order chi connectivity index (χ1) is 8.37. The van der Waals surface area contributed by atoms with E-state index in [1.165, 1.54) is 19.2 Å². The summed E-state index contributed by atoms with van der Waals surface area (Å²) in [5, 5.41) is 0. The molecule has 0 heterocycles. The lowest BCUT2D eigenvalue weighted by molar-refractivity contribution is -0.142. The monoisotopic (exact) mass is 272 g/mol. The fourth-order valence-electron chi connectivity index (χ4n) is 1.61. The van der Waals surface area contributed by atoms with E-state index in [0.29, 0.717) is 6.42 Å². The van der Waals surface area contributed by atoms with Crippen molar-refractivity contribution >= 4 is 16.1 Å². The number of hydrogen-bond acceptors (Lipinski definition) is 5. The van der Waals surface area contributed by atoms with Gasteiger partial charge in [-0.1, -0.05) is 19.1 Å². The molecule has 0 bridgehead atoms. The third kappa shape index (κ3) is 4.03. The van der Waals surface area contributed by atoms with Crippen molar-refractivity contribution in [3.8, 4) is 5.75 Å². The first-order valence-electron chi connectivity index (χ1n) is 5.44. The molecule has 0 spiro atoms. The Bertz CT molecular complexity index is 504. The van der Waals surface area contributed by atoms with Crippen LogP contribution in [0.15, 0.2) is 24.3 Å². The van der Waals surface area contributed by atoms with E-state index < -0.39 is 10.1 Å². The molecule has 1 aromatic carbocycles. The van der Waals surface area contributed by atoms with Crippen molar-refractivity contribution in [2.24, 2.45) is 0 Å². The molecule has 0 fully saturated rings. The Kier molecular flexibility index (Phi) is 4.72. The minimum Gasteiger partial charge on any atom is -0.469 e. The summed E-state index contributed by atoms with van der Waals surface area (Å²) in [5.74, 6) is -0.433. The summed E-state index contributed by atoms with van der Waals surface area (Å²) < 4.78 is 31.3. The molecular weight excluding hydrogens is 256 g/mol. The third-order valence-corrected chi connectivity index (χ3v) is 2.92. The predicted molar refractivity (Wildman–Crippen MR) is 67.0 cm³/mol. The summed E-state index contributed by atoms with van der Waals surface area (Å²) in [5.41, 5.74) is 0.769. The summed E-state index contributed by atoms with van der Waals surface area (Å²) in [7, 11) is -2.19. The Morgan fingerprint density at radius 3 is 2.22 bits per heavy atom. The van der Waals surface area contributed by atoms with E-state index in [-0.39, 0.29) is 17.6 Å². The van der Waals surface area contributed by atoms with Crippen LogP contribution in [0, 0.1) is 0 Å². The number of hydrogen-bond donors (Lipinski definition) is 0. The van der Waals surface area contributed by atoms with Crippen molar-refractivity contribution in [1.29, 1.82) is 0 Å². The Hall–Kier alpha value is -1.56. The van der Waals surface area contributed by atoms with E-state index in [9.17, 15) is 13.2 Å². The van der Waals surface area contributed by atoms with Gasteiger partial charge in [-0.3, -0.25) is 4.79 Å². The second-order valence-corrected chi connectivity index (χ2v) is 5.42. The molecule has 6 heteroatoms. The minimum atomic E-state index is -3.53. The van der Waals surface area contributed by atoms with Crippen LogP contribution < -0.4 is 4.18 Å². The zero-order valence-corrected chi connectivity index (χ0v) is 11.4. The van der Waals surface area contributed by atoms with Gasteiger partial charge in [0.25, 0.3) is 0 Å². The maximum Gasteiger partial charge on any atom is 0.313 e. The highest BCUT2D eigenvalue weighted by Gasteiger charge is 2.19. The molecule has 1 unspecified atom stereocenters. The van der Waals surface area contributed by atoms with Gasteiger partial charge in [-0.15, -0.1) is 0 Å². The van der Waals surface area contributed by atoms with Gasteiger partial charge in [-0.2, -0.15) is 8.42 Å². The first kappa shape index (κ1) is 14.5. The van der Waals surface area contributed by atoms with Crippen molar-refractivity contribution < 1.29 is 22.1 Å². The molecule has 5 nitrogen and oxygen atoms in total. The highest BCUT2D eigenvalue weighted by molar-refractivity contribution is 7.86. The minimum absolute atomic E-state index is 0.223. The molecule has 0 aliphatic carbocycles. The van der Waals surface area contributed by atoms with Crippen molar-refractivity contribution in [3.05, 3.63) is 29.8 Å². The quantitative estimate of drug-likeness (QED) is 0.602. The van der Waals surface area contributed by atoms with E-state index in [4.69, 9.17) is 8.92 Å². The molecule has 1 atom stereocenters. The lowest BCUT2D eigenvalue weighted by Crippen LogP contribution is -2.13. The summed E-state index contributed by atoms with van der Waals surface area (Å²) in [6.45, 7) is 1.88. The first-order valence-corrected chi connectivity index (χ1v) is 7.26. The molecule has 0 saturated carbocycles. The van der Waals surface area contributed by atoms with Gasteiger partial charge in [0, 0.05) is 0 Å². The number of esters is 1. The molecule has 0 aromatic heterocycles. The second-order valence-electron chi connectivity index (χ2n) is 3.84. The molecule has 100 valence electrons. The maximum atomic E-state index is 11.5. The van der Waals surface area contributed by atoms with Crippen LogP contribution in [-0.2, 0) is 19.6 Å². The van der Waals surface area contributed by atoms with E-state index in [1.807, 2.05) is 6.92 Å². The largest absolute Gasteiger partial charge is 0.469 e. The van der Waals surface area contributed by atoms with Crippen LogP contribution in [0.3, 0.4) is 0 Å². The fraction of sp³-hybridized carbons (Fsp3) is 0.417. The topological polar surface area (TPSA) is 69.7 Å². The standard InChI is InChI=1S/C12H16O5S/c1-4-11(12(13)16-2)9-5-7-10(8-6-9)17-18(3,14)15/h5-8,11H,4H2,1-3H3. The number of carbonyl (C=O) groups is 1. The highest BCUT2D eigenvalue weighted by Crippen LogP contribution is 2.23. The summed E-state index contributed by atoms with van der Waals surface area (Å²) >= 11 is 0. The predicted octanol–water partition coefficient (Wildman–Crippen LogP) is 1.69. The van der Waals surface area contributed by atoms with Gasteiger partial charge in [0.1, 0.15) is 5.75 Å². The second kappa shape index (κ2) is 5.86. The molecule has 0 saturated heterocycles. The normalized spacial score (nSPS) is 12.8. The average Bonchev–Trinajstić information content (AvgIpc) is 2.30. The van der Waals surface area contributed by atoms with Crippen molar-refractivity contribution in [1.82, 2.24) is 0 Å². The molecule has 0 radical (unpaired) electrons. The summed E-state index contributed by atoms with van der Waals surface area (Å²) in [6, 6.07) is 6.35. The van der Waals surface area contributed by atoms with Crippen molar-refractivity contribution in [2.75, 3.05) is 13.4 Å². The van der Waals surface area contributed by atoms with Crippen LogP contribution in [0.25, 0.3) is 0 Å². The van der Waals surface area contributed by atoms with Gasteiger partial charge in [-0.25, -0.2) is 0 Å². The molecule has 18 heavy (non-hydrogen) atoms. The van der Waals surface area contributed by atoms with Crippen LogP contribution in [0.1, 0.15) is 24.8 Å². The van der Waals surface area contributed by atoms with Crippen molar-refractivity contribution in [2.45, 2.75) is 19.3 Å². The van der Waals surface area contributed by atoms with Gasteiger partial charge in [0.15, 0.2) is 0 Å². The number of rotatable bonds is 5. The zero-order chi connectivity index (χ0) is 13.8. The number of carbonyl (C=O) groups excluding carboxylic acids is 1. The molecule has 1 rings (SSSR count). The van der Waals surface area contributed by atoms with E-state index >= 15 is 0 Å². The Morgan fingerprint density at radius 1 is 1.28 bits per heavy atom. The third-order valence-electron chi connectivity index (χ3n) is 2.42. The smallest absolute Gasteiger partial charge is 0.313 e. The van der Waals surface area contributed by atoms with Crippen LogP contribution >= 0.6 is 0 Å². The lowest BCUT2D eigenvalue weighted by atomic mass is 9.97. The van der Waals surface area contributed by atoms with Crippen LogP contribution in [0.2, 0.25) is 0 Å². The Morgan fingerprint density at radius 2 is 1.83 bits per heavy atom. The molecule has 0 aliphatic rings. The molecule has 0 amide bonds. The number of methoxy groups -OCH3 is 1. The molecule has 0 N–H and O–H groups in total. The Balaban J connectivity index is 2.91. The van der Waals surface area contributed by atoms with Gasteiger partial charge in [-0.05, 0) is 24.1 Å². The maximum absolute atomic E-state index is 11.5. The van der Waals surface area contributed by atoms with Crippen LogP contribution in [-0.4, -0.2) is 27.8 Å². The lowest BCUT2D eigenvalue weighted by Gasteiger charge is -2.13. The summed E-state index contributed by atoms with van der Waals surface area (Å²) in [6.07, 6.45) is 1.59. The van der Waals surface area contributed by atoms with Crippen LogP contribution in [0.5, 0.6) is 5.75 Å². The highest BCUT2D eigenvalue weighted by atomic mass is 32.2.